The van der Waals surface area contributed by atoms with Crippen molar-refractivity contribution >= 4 is 5.69 Å². The van der Waals surface area contributed by atoms with E-state index in [2.05, 4.69) is 24.3 Å². The van der Waals surface area contributed by atoms with Crippen molar-refractivity contribution in [2.75, 3.05) is 19.0 Å². The molecule has 2 bridgehead atoms. The molecule has 3 heterocycles. The van der Waals surface area contributed by atoms with Crippen LogP contribution in [-0.4, -0.2) is 28.0 Å². The van der Waals surface area contributed by atoms with Crippen LogP contribution in [-0.2, 0) is 0 Å². The van der Waals surface area contributed by atoms with Crippen molar-refractivity contribution < 1.29 is 0 Å². The highest BCUT2D eigenvalue weighted by Gasteiger charge is 2.44. The Kier molecular flexibility index (Phi) is 3.34. The van der Waals surface area contributed by atoms with Gasteiger partial charge in [-0.3, -0.25) is 0 Å². The van der Waals surface area contributed by atoms with Crippen molar-refractivity contribution in [3.8, 4) is 5.69 Å². The molecular formula is C24H20N4O2. The Bertz CT molecular complexity index is 1290. The standard InChI is InChI=1S/C24H20N4O2/c1-25(2)15-11-13-16(14-12-15)26-23(29)27-21-17-7-3-4-8-18(17)22(28(27)24(26)30)20-10-6-5-9-19(20)21/h3-14,21-22H,1-2H3. The van der Waals surface area contributed by atoms with Crippen LogP contribution in [0.15, 0.2) is 82.4 Å². The van der Waals surface area contributed by atoms with Crippen molar-refractivity contribution in [2.45, 2.75) is 12.1 Å². The van der Waals surface area contributed by atoms with Gasteiger partial charge in [-0.1, -0.05) is 48.5 Å². The van der Waals surface area contributed by atoms with Crippen LogP contribution in [0.4, 0.5) is 5.69 Å². The second kappa shape index (κ2) is 5.86. The molecule has 0 saturated carbocycles. The van der Waals surface area contributed by atoms with Gasteiger partial charge in [0.15, 0.2) is 0 Å². The van der Waals surface area contributed by atoms with Gasteiger partial charge in [0, 0.05) is 19.8 Å². The number of hydrogen-bond acceptors (Lipinski definition) is 3. The minimum Gasteiger partial charge on any atom is -0.378 e. The van der Waals surface area contributed by atoms with E-state index in [9.17, 15) is 9.59 Å². The lowest BCUT2D eigenvalue weighted by atomic mass is 9.78. The Morgan fingerprint density at radius 1 is 0.633 bits per heavy atom. The van der Waals surface area contributed by atoms with Gasteiger partial charge in [-0.2, -0.15) is 0 Å². The minimum absolute atomic E-state index is 0.301. The third-order valence-electron chi connectivity index (χ3n) is 6.29. The molecule has 6 nitrogen and oxygen atoms in total. The van der Waals surface area contributed by atoms with Gasteiger partial charge in [0.25, 0.3) is 0 Å². The number of anilines is 1. The molecular weight excluding hydrogens is 376 g/mol. The average molecular weight is 396 g/mol. The van der Waals surface area contributed by atoms with Crippen molar-refractivity contribution in [2.24, 2.45) is 0 Å². The minimum atomic E-state index is -0.309. The van der Waals surface area contributed by atoms with Crippen LogP contribution in [0.5, 0.6) is 0 Å². The van der Waals surface area contributed by atoms with E-state index >= 15 is 0 Å². The van der Waals surface area contributed by atoms with Crippen LogP contribution in [0.25, 0.3) is 5.69 Å². The lowest BCUT2D eigenvalue weighted by molar-refractivity contribution is 0.350. The zero-order chi connectivity index (χ0) is 20.6. The topological polar surface area (TPSA) is 52.2 Å². The van der Waals surface area contributed by atoms with Gasteiger partial charge in [0.1, 0.15) is 12.1 Å². The van der Waals surface area contributed by atoms with E-state index in [-0.39, 0.29) is 23.5 Å². The summed E-state index contributed by atoms with van der Waals surface area (Å²) in [5, 5.41) is 0. The average Bonchev–Trinajstić information content (AvgIpc) is 3.04. The molecule has 6 heteroatoms. The lowest BCUT2D eigenvalue weighted by Crippen LogP contribution is -2.44. The summed E-state index contributed by atoms with van der Waals surface area (Å²) in [4.78, 5) is 29.1. The highest BCUT2D eigenvalue weighted by Crippen LogP contribution is 2.47. The quantitative estimate of drug-likeness (QED) is 0.452. The monoisotopic (exact) mass is 396 g/mol. The van der Waals surface area contributed by atoms with Gasteiger partial charge in [-0.25, -0.2) is 23.5 Å². The number of benzene rings is 3. The van der Waals surface area contributed by atoms with Crippen molar-refractivity contribution in [1.82, 2.24) is 13.9 Å². The molecule has 0 spiro atoms. The first-order valence-corrected chi connectivity index (χ1v) is 9.99. The Balaban J connectivity index is 1.65. The maximum absolute atomic E-state index is 13.6. The molecule has 0 saturated heterocycles. The third-order valence-corrected chi connectivity index (χ3v) is 6.29. The van der Waals surface area contributed by atoms with Gasteiger partial charge in [0.2, 0.25) is 0 Å². The number of aromatic nitrogens is 3. The largest absolute Gasteiger partial charge is 0.378 e. The first-order chi connectivity index (χ1) is 14.6. The summed E-state index contributed by atoms with van der Waals surface area (Å²) in [5.74, 6) is 0. The summed E-state index contributed by atoms with van der Waals surface area (Å²) in [6.45, 7) is 0. The molecule has 3 aliphatic rings. The van der Waals surface area contributed by atoms with Crippen LogP contribution in [0, 0.1) is 0 Å². The Morgan fingerprint density at radius 3 is 1.40 bits per heavy atom. The van der Waals surface area contributed by atoms with E-state index in [1.165, 1.54) is 4.57 Å². The fourth-order valence-electron chi connectivity index (χ4n) is 4.94. The molecule has 0 fully saturated rings. The van der Waals surface area contributed by atoms with Gasteiger partial charge in [-0.05, 0) is 46.5 Å². The Labute approximate surface area is 172 Å². The molecule has 1 aliphatic carbocycles. The smallest absolute Gasteiger partial charge is 0.352 e. The molecule has 30 heavy (non-hydrogen) atoms. The number of rotatable bonds is 2. The van der Waals surface area contributed by atoms with Crippen LogP contribution in [0.2, 0.25) is 0 Å². The van der Waals surface area contributed by atoms with Gasteiger partial charge < -0.3 is 4.90 Å². The van der Waals surface area contributed by atoms with E-state index in [0.717, 1.165) is 27.9 Å². The van der Waals surface area contributed by atoms with Crippen LogP contribution in [0.3, 0.4) is 0 Å². The summed E-state index contributed by atoms with van der Waals surface area (Å²) in [7, 11) is 3.92. The van der Waals surface area contributed by atoms with E-state index < -0.39 is 0 Å². The summed E-state index contributed by atoms with van der Waals surface area (Å²) in [6.07, 6.45) is 0. The molecule has 148 valence electrons. The third kappa shape index (κ3) is 2.03. The predicted molar refractivity (Wildman–Crippen MR) is 116 cm³/mol. The zero-order valence-electron chi connectivity index (χ0n) is 16.7. The molecule has 4 aromatic rings. The molecule has 0 radical (unpaired) electrons. The first kappa shape index (κ1) is 17.1. The van der Waals surface area contributed by atoms with Crippen LogP contribution >= 0.6 is 0 Å². The Hall–Kier alpha value is -3.80. The fraction of sp³-hybridized carbons (Fsp3) is 0.167. The fourth-order valence-corrected chi connectivity index (χ4v) is 4.94. The van der Waals surface area contributed by atoms with E-state index in [0.29, 0.717) is 5.69 Å². The van der Waals surface area contributed by atoms with Crippen LogP contribution in [0.1, 0.15) is 34.3 Å². The van der Waals surface area contributed by atoms with E-state index in [1.54, 1.807) is 9.36 Å². The summed E-state index contributed by atoms with van der Waals surface area (Å²) in [5.41, 5.74) is 5.32. The number of hydrogen-bond donors (Lipinski definition) is 0. The van der Waals surface area contributed by atoms with Crippen molar-refractivity contribution in [3.05, 3.63) is 116 Å². The molecule has 0 amide bonds. The highest BCUT2D eigenvalue weighted by atomic mass is 16.2. The highest BCUT2D eigenvalue weighted by molar-refractivity contribution is 5.55. The second-order valence-corrected chi connectivity index (χ2v) is 8.06. The van der Waals surface area contributed by atoms with E-state index in [4.69, 9.17) is 0 Å². The van der Waals surface area contributed by atoms with Crippen molar-refractivity contribution in [3.63, 3.8) is 0 Å². The molecule has 2 aliphatic heterocycles. The zero-order valence-corrected chi connectivity index (χ0v) is 16.7. The maximum atomic E-state index is 13.6. The number of nitrogens with zero attached hydrogens (tertiary/aromatic N) is 4. The molecule has 1 aromatic heterocycles. The second-order valence-electron chi connectivity index (χ2n) is 8.06. The lowest BCUT2D eigenvalue weighted by Gasteiger charge is -2.41. The predicted octanol–water partition coefficient (Wildman–Crippen LogP) is 2.77. The van der Waals surface area contributed by atoms with Gasteiger partial charge >= 0.3 is 11.4 Å². The normalized spacial score (nSPS) is 17.9. The molecule has 0 atom stereocenters. The summed E-state index contributed by atoms with van der Waals surface area (Å²) in [6, 6.07) is 23.1. The molecule has 7 rings (SSSR count). The molecule has 0 unspecified atom stereocenters. The van der Waals surface area contributed by atoms with Gasteiger partial charge in [-0.15, -0.1) is 0 Å². The molecule has 0 N–H and O–H groups in total. The van der Waals surface area contributed by atoms with E-state index in [1.807, 2.05) is 67.5 Å². The summed E-state index contributed by atoms with van der Waals surface area (Å²) >= 11 is 0. The van der Waals surface area contributed by atoms with Crippen molar-refractivity contribution in [1.29, 1.82) is 0 Å². The van der Waals surface area contributed by atoms with Crippen LogP contribution < -0.4 is 16.3 Å². The SMILES string of the molecule is CN(C)c1ccc(-n2c(=O)n3n(c2=O)C2c4ccccc4C3c3ccccc32)cc1. The first-order valence-electron chi connectivity index (χ1n) is 9.99. The maximum Gasteiger partial charge on any atom is 0.352 e. The van der Waals surface area contributed by atoms with Gasteiger partial charge in [0.05, 0.1) is 5.69 Å². The Morgan fingerprint density at radius 2 is 1.03 bits per heavy atom. The summed E-state index contributed by atoms with van der Waals surface area (Å²) < 4.78 is 4.56. The molecule has 3 aromatic carbocycles.